The number of likely N-dealkylation sites (N-methyl/N-ethyl adjacent to an activating group) is 1. The number of likely N-dealkylation sites (tertiary alicyclic amines) is 1. The third-order valence-electron chi connectivity index (χ3n) is 6.64. The molecule has 1 heterocycles. The van der Waals surface area contributed by atoms with Crippen molar-refractivity contribution in [3.8, 4) is 5.75 Å². The maximum atomic E-state index is 13.7. The molecular weight excluding hydrogens is 440 g/mol. The zero-order valence-corrected chi connectivity index (χ0v) is 21.8. The van der Waals surface area contributed by atoms with E-state index in [1.54, 1.807) is 23.1 Å². The standard InChI is InChI=1S/C29H38N2O4/c1-7-30(8-2)15-16-31-26(22-11-9-20(5)10-12-22)25(28(33)29(31)34)27(32)23-13-14-24(21(6)17-23)35-18-19(3)4/h9-14,17,19,26,32H,7-8,15-16,18H2,1-6H3. The molecule has 188 valence electrons. The van der Waals surface area contributed by atoms with Gasteiger partial charge in [-0.15, -0.1) is 0 Å². The minimum absolute atomic E-state index is 0.0312. The molecule has 6 heteroatoms. The molecule has 1 fully saturated rings. The first-order chi connectivity index (χ1) is 16.7. The average molecular weight is 479 g/mol. The van der Waals surface area contributed by atoms with E-state index in [-0.39, 0.29) is 5.57 Å². The number of nitrogens with one attached hydrogen (secondary N) is 1. The topological polar surface area (TPSA) is 74.1 Å². The maximum Gasteiger partial charge on any atom is 0.295 e. The molecular formula is C29H38N2O4. The Morgan fingerprint density at radius 2 is 1.71 bits per heavy atom. The molecule has 0 bridgehead atoms. The van der Waals surface area contributed by atoms with Gasteiger partial charge in [0.25, 0.3) is 5.91 Å². The second kappa shape index (κ2) is 11.5. The summed E-state index contributed by atoms with van der Waals surface area (Å²) in [6.07, 6.45) is 0. The summed E-state index contributed by atoms with van der Waals surface area (Å²) in [5.74, 6) is -0.599. The molecule has 0 radical (unpaired) electrons. The van der Waals surface area contributed by atoms with Crippen molar-refractivity contribution in [2.45, 2.75) is 47.6 Å². The molecule has 2 aromatic carbocycles. The third kappa shape index (κ3) is 5.93. The van der Waals surface area contributed by atoms with Crippen molar-refractivity contribution in [2.24, 2.45) is 5.92 Å². The highest BCUT2D eigenvalue weighted by atomic mass is 16.5. The number of Topliss-reactive ketones (excluding diaryl/α,β-unsaturated/α-hetero) is 1. The molecule has 0 aromatic heterocycles. The van der Waals surface area contributed by atoms with E-state index in [9.17, 15) is 14.7 Å². The van der Waals surface area contributed by atoms with E-state index in [0.717, 1.165) is 36.3 Å². The number of hydrogen-bond acceptors (Lipinski definition) is 4. The van der Waals surface area contributed by atoms with Crippen molar-refractivity contribution in [2.75, 3.05) is 32.8 Å². The van der Waals surface area contributed by atoms with Crippen LogP contribution in [0.25, 0.3) is 5.76 Å². The molecule has 3 rings (SSSR count). The summed E-state index contributed by atoms with van der Waals surface area (Å²) in [7, 11) is 0. The fourth-order valence-electron chi connectivity index (χ4n) is 4.44. The summed E-state index contributed by atoms with van der Waals surface area (Å²) >= 11 is 0. The van der Waals surface area contributed by atoms with Gasteiger partial charge in [-0.05, 0) is 62.4 Å². The second-order valence-electron chi connectivity index (χ2n) is 9.78. The number of hydrogen-bond donors (Lipinski definition) is 1. The first-order valence-corrected chi connectivity index (χ1v) is 12.6. The predicted octanol–water partition coefficient (Wildman–Crippen LogP) is 2.49. The average Bonchev–Trinajstić information content (AvgIpc) is 3.08. The van der Waals surface area contributed by atoms with Gasteiger partial charge < -0.3 is 19.6 Å². The quantitative estimate of drug-likeness (QED) is 0.324. The number of aryl methyl sites for hydroxylation is 2. The summed E-state index contributed by atoms with van der Waals surface area (Å²) in [6.45, 7) is 15.8. The van der Waals surface area contributed by atoms with E-state index in [4.69, 9.17) is 4.74 Å². The van der Waals surface area contributed by atoms with Crippen LogP contribution in [0.2, 0.25) is 0 Å². The van der Waals surface area contributed by atoms with Crippen LogP contribution in [0.1, 0.15) is 56.0 Å². The Morgan fingerprint density at radius 1 is 1.06 bits per heavy atom. The Bertz CT molecular complexity index is 1080. The van der Waals surface area contributed by atoms with E-state index in [0.29, 0.717) is 30.4 Å². The number of nitrogens with zero attached hydrogens (tertiary/aromatic N) is 1. The van der Waals surface area contributed by atoms with Gasteiger partial charge in [-0.3, -0.25) is 9.59 Å². The smallest absolute Gasteiger partial charge is 0.295 e. The molecule has 2 aromatic rings. The van der Waals surface area contributed by atoms with Crippen LogP contribution in [0, 0.1) is 19.8 Å². The molecule has 0 spiro atoms. The highest BCUT2D eigenvalue weighted by Crippen LogP contribution is 2.38. The van der Waals surface area contributed by atoms with Gasteiger partial charge in [0.05, 0.1) is 38.8 Å². The highest BCUT2D eigenvalue weighted by Gasteiger charge is 2.44. The van der Waals surface area contributed by atoms with Crippen LogP contribution >= 0.6 is 0 Å². The number of carbonyl (C=O) groups excluding carboxylic acids is 2. The van der Waals surface area contributed by atoms with Crippen LogP contribution in [0.15, 0.2) is 48.0 Å². The number of quaternary nitrogens is 1. The number of ether oxygens (including phenoxy) is 1. The lowest BCUT2D eigenvalue weighted by Crippen LogP contribution is -3.12. The number of rotatable bonds is 10. The van der Waals surface area contributed by atoms with Crippen LogP contribution in [-0.2, 0) is 9.59 Å². The van der Waals surface area contributed by atoms with Crippen molar-refractivity contribution < 1.29 is 24.3 Å². The predicted molar refractivity (Wildman–Crippen MR) is 136 cm³/mol. The van der Waals surface area contributed by atoms with Crippen LogP contribution < -0.4 is 14.7 Å². The van der Waals surface area contributed by atoms with E-state index in [1.807, 2.05) is 38.1 Å². The Balaban J connectivity index is 2.04. The minimum atomic E-state index is -0.701. The van der Waals surface area contributed by atoms with E-state index >= 15 is 0 Å². The van der Waals surface area contributed by atoms with E-state index in [1.165, 1.54) is 4.90 Å². The molecule has 1 atom stereocenters. The summed E-state index contributed by atoms with van der Waals surface area (Å²) in [5, 5.41) is 13.7. The molecule has 1 N–H and O–H groups in total. The summed E-state index contributed by atoms with van der Waals surface area (Å²) < 4.78 is 5.84. The van der Waals surface area contributed by atoms with Gasteiger partial charge in [-0.2, -0.15) is 0 Å². The zero-order chi connectivity index (χ0) is 25.7. The molecule has 0 aliphatic carbocycles. The van der Waals surface area contributed by atoms with Crippen molar-refractivity contribution in [3.05, 3.63) is 70.3 Å². The second-order valence-corrected chi connectivity index (χ2v) is 9.78. The van der Waals surface area contributed by atoms with Crippen molar-refractivity contribution in [1.29, 1.82) is 0 Å². The molecule has 1 amide bonds. The van der Waals surface area contributed by atoms with Crippen LogP contribution in [0.5, 0.6) is 5.75 Å². The lowest BCUT2D eigenvalue weighted by molar-refractivity contribution is -0.895. The molecule has 1 aliphatic rings. The Kier molecular flexibility index (Phi) is 8.73. The normalized spacial score (nSPS) is 17.6. The van der Waals surface area contributed by atoms with Crippen molar-refractivity contribution >= 4 is 17.4 Å². The SMILES string of the molecule is CC[NH+](CC)CCN1C(=O)C(=O)C(=C([O-])c2ccc(OCC(C)C)c(C)c2)C1c1ccc(C)cc1. The summed E-state index contributed by atoms with van der Waals surface area (Å²) in [6, 6.07) is 12.2. The first-order valence-electron chi connectivity index (χ1n) is 12.6. The Morgan fingerprint density at radius 3 is 2.29 bits per heavy atom. The molecule has 1 unspecified atom stereocenters. The molecule has 6 nitrogen and oxygen atoms in total. The highest BCUT2D eigenvalue weighted by molar-refractivity contribution is 6.46. The fraction of sp³-hybridized carbons (Fsp3) is 0.448. The van der Waals surface area contributed by atoms with E-state index in [2.05, 4.69) is 27.7 Å². The van der Waals surface area contributed by atoms with Crippen LogP contribution in [0.3, 0.4) is 0 Å². The van der Waals surface area contributed by atoms with Gasteiger partial charge in [-0.1, -0.05) is 55.5 Å². The number of benzene rings is 2. The van der Waals surface area contributed by atoms with Crippen molar-refractivity contribution in [3.63, 3.8) is 0 Å². The lowest BCUT2D eigenvalue weighted by Gasteiger charge is -2.28. The summed E-state index contributed by atoms with van der Waals surface area (Å²) in [4.78, 5) is 29.3. The van der Waals surface area contributed by atoms with Crippen molar-refractivity contribution in [1.82, 2.24) is 4.90 Å². The monoisotopic (exact) mass is 478 g/mol. The fourth-order valence-corrected chi connectivity index (χ4v) is 4.44. The van der Waals surface area contributed by atoms with Gasteiger partial charge in [0.1, 0.15) is 5.75 Å². The maximum absolute atomic E-state index is 13.7. The van der Waals surface area contributed by atoms with Gasteiger partial charge in [0, 0.05) is 5.57 Å². The Labute approximate surface area is 209 Å². The van der Waals surface area contributed by atoms with Crippen LogP contribution in [-0.4, -0.2) is 49.4 Å². The van der Waals surface area contributed by atoms with Gasteiger partial charge in [0.15, 0.2) is 0 Å². The van der Waals surface area contributed by atoms with Crippen LogP contribution in [0.4, 0.5) is 0 Å². The largest absolute Gasteiger partial charge is 0.872 e. The summed E-state index contributed by atoms with van der Waals surface area (Å²) in [5.41, 5.74) is 3.10. The van der Waals surface area contributed by atoms with E-state index < -0.39 is 23.5 Å². The first kappa shape index (κ1) is 26.5. The van der Waals surface area contributed by atoms with Gasteiger partial charge >= 0.3 is 0 Å². The van der Waals surface area contributed by atoms with Gasteiger partial charge in [-0.25, -0.2) is 0 Å². The third-order valence-corrected chi connectivity index (χ3v) is 6.64. The molecule has 1 saturated heterocycles. The molecule has 35 heavy (non-hydrogen) atoms. The zero-order valence-electron chi connectivity index (χ0n) is 21.8. The molecule has 0 saturated carbocycles. The number of ketones is 1. The lowest BCUT2D eigenvalue weighted by atomic mass is 9.94. The Hall–Kier alpha value is -3.12. The van der Waals surface area contributed by atoms with Gasteiger partial charge in [0.2, 0.25) is 5.78 Å². The minimum Gasteiger partial charge on any atom is -0.872 e. The number of carbonyl (C=O) groups is 2. The molecule has 1 aliphatic heterocycles. The number of amides is 1.